The molecule has 1 aliphatic rings. The second-order valence-electron chi connectivity index (χ2n) is 5.39. The maximum Gasteiger partial charge on any atom is 0.240 e. The number of methoxy groups -OCH3 is 1. The predicted octanol–water partition coefficient (Wildman–Crippen LogP) is 1.09. The van der Waals surface area contributed by atoms with Crippen LogP contribution < -0.4 is 10.1 Å². The quantitative estimate of drug-likeness (QED) is 0.836. The molecule has 1 heterocycles. The summed E-state index contributed by atoms with van der Waals surface area (Å²) in [6.07, 6.45) is 0. The van der Waals surface area contributed by atoms with Crippen LogP contribution in [0.15, 0.2) is 24.3 Å². The first-order chi connectivity index (χ1) is 9.45. The molecule has 108 valence electrons. The van der Waals surface area contributed by atoms with E-state index >= 15 is 0 Å². The first kappa shape index (κ1) is 14.5. The van der Waals surface area contributed by atoms with Gasteiger partial charge in [0.1, 0.15) is 5.75 Å². The molecule has 1 saturated heterocycles. The van der Waals surface area contributed by atoms with Gasteiger partial charge in [0.25, 0.3) is 0 Å². The standard InChI is InChI=1S/C15H20N2O3/c1-15(2)14(19)16-7-8-17(15)10-13(18)11-5-4-6-12(9-11)20-3/h4-6,9H,7-8,10H2,1-3H3,(H,16,19). The first-order valence-electron chi connectivity index (χ1n) is 6.66. The van der Waals surface area contributed by atoms with Crippen LogP contribution in [0, 0.1) is 0 Å². The van der Waals surface area contributed by atoms with Gasteiger partial charge in [0.2, 0.25) is 5.91 Å². The molecule has 1 N–H and O–H groups in total. The van der Waals surface area contributed by atoms with Crippen molar-refractivity contribution < 1.29 is 14.3 Å². The van der Waals surface area contributed by atoms with Crippen molar-refractivity contribution in [2.75, 3.05) is 26.7 Å². The van der Waals surface area contributed by atoms with Crippen molar-refractivity contribution in [3.05, 3.63) is 29.8 Å². The van der Waals surface area contributed by atoms with Crippen LogP contribution in [-0.4, -0.2) is 48.9 Å². The second-order valence-corrected chi connectivity index (χ2v) is 5.39. The lowest BCUT2D eigenvalue weighted by Gasteiger charge is -2.40. The van der Waals surface area contributed by atoms with Gasteiger partial charge in [-0.2, -0.15) is 0 Å². The molecule has 1 amide bonds. The number of nitrogens with one attached hydrogen (secondary N) is 1. The lowest BCUT2D eigenvalue weighted by atomic mass is 9.97. The number of rotatable bonds is 4. The van der Waals surface area contributed by atoms with Gasteiger partial charge in [-0.3, -0.25) is 14.5 Å². The molecule has 2 rings (SSSR count). The molecule has 1 aliphatic heterocycles. The molecule has 0 aliphatic carbocycles. The van der Waals surface area contributed by atoms with Gasteiger partial charge in [-0.05, 0) is 26.0 Å². The molecular formula is C15H20N2O3. The van der Waals surface area contributed by atoms with Gasteiger partial charge in [0.15, 0.2) is 5.78 Å². The molecule has 1 aromatic carbocycles. The normalized spacial score (nSPS) is 18.4. The fourth-order valence-electron chi connectivity index (χ4n) is 2.28. The molecule has 0 unspecified atom stereocenters. The van der Waals surface area contributed by atoms with E-state index in [1.807, 2.05) is 18.7 Å². The number of hydrogen-bond donors (Lipinski definition) is 1. The third-order valence-electron chi connectivity index (χ3n) is 3.74. The van der Waals surface area contributed by atoms with Gasteiger partial charge < -0.3 is 10.1 Å². The van der Waals surface area contributed by atoms with Gasteiger partial charge in [-0.25, -0.2) is 0 Å². The Balaban J connectivity index is 2.12. The van der Waals surface area contributed by atoms with E-state index in [4.69, 9.17) is 4.74 Å². The minimum atomic E-state index is -0.660. The molecule has 5 heteroatoms. The molecule has 0 radical (unpaired) electrons. The van der Waals surface area contributed by atoms with Crippen molar-refractivity contribution in [2.45, 2.75) is 19.4 Å². The van der Waals surface area contributed by atoms with Crippen LogP contribution in [0.3, 0.4) is 0 Å². The summed E-state index contributed by atoms with van der Waals surface area (Å²) < 4.78 is 5.12. The minimum Gasteiger partial charge on any atom is -0.497 e. The van der Waals surface area contributed by atoms with Crippen LogP contribution in [0.2, 0.25) is 0 Å². The lowest BCUT2D eigenvalue weighted by Crippen LogP contribution is -2.62. The maximum absolute atomic E-state index is 12.3. The van der Waals surface area contributed by atoms with Crippen LogP contribution in [0.25, 0.3) is 0 Å². The SMILES string of the molecule is COc1cccc(C(=O)CN2CCNC(=O)C2(C)C)c1. The molecule has 5 nitrogen and oxygen atoms in total. The van der Waals surface area contributed by atoms with Gasteiger partial charge >= 0.3 is 0 Å². The van der Waals surface area contributed by atoms with Crippen LogP contribution in [0.4, 0.5) is 0 Å². The number of nitrogens with zero attached hydrogens (tertiary/aromatic N) is 1. The Labute approximate surface area is 118 Å². The van der Waals surface area contributed by atoms with E-state index in [2.05, 4.69) is 5.32 Å². The summed E-state index contributed by atoms with van der Waals surface area (Å²) in [5.74, 6) is 0.611. The summed E-state index contributed by atoms with van der Waals surface area (Å²) in [5, 5.41) is 2.82. The zero-order valence-corrected chi connectivity index (χ0v) is 12.1. The molecule has 20 heavy (non-hydrogen) atoms. The maximum atomic E-state index is 12.3. The lowest BCUT2D eigenvalue weighted by molar-refractivity contribution is -0.134. The Morgan fingerprint density at radius 3 is 2.90 bits per heavy atom. The van der Waals surface area contributed by atoms with E-state index in [0.717, 1.165) is 0 Å². The predicted molar refractivity (Wildman–Crippen MR) is 76.0 cm³/mol. The van der Waals surface area contributed by atoms with E-state index in [0.29, 0.717) is 24.4 Å². The largest absolute Gasteiger partial charge is 0.497 e. The van der Waals surface area contributed by atoms with E-state index < -0.39 is 5.54 Å². The van der Waals surface area contributed by atoms with Gasteiger partial charge in [-0.15, -0.1) is 0 Å². The second kappa shape index (κ2) is 5.63. The van der Waals surface area contributed by atoms with Crippen molar-refractivity contribution >= 4 is 11.7 Å². The van der Waals surface area contributed by atoms with Crippen LogP contribution >= 0.6 is 0 Å². The third-order valence-corrected chi connectivity index (χ3v) is 3.74. The van der Waals surface area contributed by atoms with Crippen LogP contribution in [0.5, 0.6) is 5.75 Å². The van der Waals surface area contributed by atoms with E-state index in [9.17, 15) is 9.59 Å². The highest BCUT2D eigenvalue weighted by molar-refractivity contribution is 5.98. The Bertz CT molecular complexity index is 526. The number of ether oxygens (including phenoxy) is 1. The van der Waals surface area contributed by atoms with Crippen LogP contribution in [-0.2, 0) is 4.79 Å². The summed E-state index contributed by atoms with van der Waals surface area (Å²) >= 11 is 0. The van der Waals surface area contributed by atoms with Crippen molar-refractivity contribution in [3.63, 3.8) is 0 Å². The third kappa shape index (κ3) is 2.82. The summed E-state index contributed by atoms with van der Waals surface area (Å²) in [5.41, 5.74) is -0.0570. The summed E-state index contributed by atoms with van der Waals surface area (Å²) in [7, 11) is 1.57. The molecular weight excluding hydrogens is 256 g/mol. The molecule has 0 spiro atoms. The number of Topliss-reactive ketones (excluding diaryl/α,β-unsaturated/α-hetero) is 1. The average molecular weight is 276 g/mol. The molecule has 0 saturated carbocycles. The van der Waals surface area contributed by atoms with Crippen molar-refractivity contribution in [2.24, 2.45) is 0 Å². The number of ketones is 1. The highest BCUT2D eigenvalue weighted by atomic mass is 16.5. The number of piperazine rings is 1. The fraction of sp³-hybridized carbons (Fsp3) is 0.467. The Morgan fingerprint density at radius 1 is 1.45 bits per heavy atom. The Morgan fingerprint density at radius 2 is 2.20 bits per heavy atom. The fourth-order valence-corrected chi connectivity index (χ4v) is 2.28. The Kier molecular flexibility index (Phi) is 4.09. The van der Waals surface area contributed by atoms with E-state index in [1.165, 1.54) is 0 Å². The number of hydrogen-bond acceptors (Lipinski definition) is 4. The number of amides is 1. The zero-order chi connectivity index (χ0) is 14.8. The number of carbonyl (C=O) groups is 2. The molecule has 1 aromatic rings. The van der Waals surface area contributed by atoms with E-state index in [1.54, 1.807) is 31.4 Å². The average Bonchev–Trinajstić information content (AvgIpc) is 2.44. The molecule has 0 aromatic heterocycles. The van der Waals surface area contributed by atoms with Gasteiger partial charge in [0.05, 0.1) is 19.2 Å². The highest BCUT2D eigenvalue weighted by Gasteiger charge is 2.38. The van der Waals surface area contributed by atoms with E-state index in [-0.39, 0.29) is 18.2 Å². The molecule has 0 atom stereocenters. The number of carbonyl (C=O) groups excluding carboxylic acids is 2. The summed E-state index contributed by atoms with van der Waals surface area (Å²) in [6.45, 7) is 5.15. The zero-order valence-electron chi connectivity index (χ0n) is 12.1. The topological polar surface area (TPSA) is 58.6 Å². The van der Waals surface area contributed by atoms with Gasteiger partial charge in [0, 0.05) is 18.7 Å². The minimum absolute atomic E-state index is 0.00771. The van der Waals surface area contributed by atoms with Crippen molar-refractivity contribution in [1.29, 1.82) is 0 Å². The van der Waals surface area contributed by atoms with Crippen molar-refractivity contribution in [1.82, 2.24) is 10.2 Å². The molecule has 0 bridgehead atoms. The monoisotopic (exact) mass is 276 g/mol. The summed E-state index contributed by atoms with van der Waals surface area (Å²) in [4.78, 5) is 26.1. The first-order valence-corrected chi connectivity index (χ1v) is 6.66. The Hall–Kier alpha value is -1.88. The van der Waals surface area contributed by atoms with Crippen molar-refractivity contribution in [3.8, 4) is 5.75 Å². The summed E-state index contributed by atoms with van der Waals surface area (Å²) in [6, 6.07) is 7.08. The van der Waals surface area contributed by atoms with Gasteiger partial charge in [-0.1, -0.05) is 12.1 Å². The van der Waals surface area contributed by atoms with Crippen LogP contribution in [0.1, 0.15) is 24.2 Å². The molecule has 1 fully saturated rings. The highest BCUT2D eigenvalue weighted by Crippen LogP contribution is 2.19. The number of benzene rings is 1. The smallest absolute Gasteiger partial charge is 0.240 e.